The number of hydrogen-bond acceptors (Lipinski definition) is 9. The minimum Gasteiger partial charge on any atom is -0.445 e. The third-order valence-electron chi connectivity index (χ3n) is 6.06. The van der Waals surface area contributed by atoms with Crippen molar-refractivity contribution in [2.45, 2.75) is 59.1 Å². The van der Waals surface area contributed by atoms with Gasteiger partial charge in [0.2, 0.25) is 0 Å². The lowest BCUT2D eigenvalue weighted by Crippen LogP contribution is -2.43. The number of nitrogens with zero attached hydrogens (tertiary/aromatic N) is 1. The number of alkyl carbamates (subject to hydrolysis) is 1. The summed E-state index contributed by atoms with van der Waals surface area (Å²) in [7, 11) is -1.15. The number of carbonyl (C=O) groups excluding carboxylic acids is 3. The average molecular weight is 527 g/mol. The third kappa shape index (κ3) is 10.0. The van der Waals surface area contributed by atoms with Crippen LogP contribution in [0.2, 0.25) is 0 Å². The summed E-state index contributed by atoms with van der Waals surface area (Å²) in [6.45, 7) is 6.68. The van der Waals surface area contributed by atoms with Crippen molar-refractivity contribution >= 4 is 25.4 Å². The Hall–Kier alpha value is -2.26. The highest BCUT2D eigenvalue weighted by atomic mass is 31.2. The number of rotatable bonds is 12. The van der Waals surface area contributed by atoms with Crippen LogP contribution in [0, 0.1) is 11.3 Å². The molecule has 36 heavy (non-hydrogen) atoms. The molecule has 0 saturated carbocycles. The molecule has 2 rings (SSSR count). The van der Waals surface area contributed by atoms with Crippen LogP contribution in [0.25, 0.3) is 0 Å². The third-order valence-corrected chi connectivity index (χ3v) is 7.87. The van der Waals surface area contributed by atoms with Crippen LogP contribution in [0.3, 0.4) is 0 Å². The molecular weight excluding hydrogens is 487 g/mol. The Morgan fingerprint density at radius 3 is 2.25 bits per heavy atom. The SMILES string of the molecule is COP(=O)(CC(=O)[C@H](CCC1CCN(OC(=O)C(C)(C)C)CC1)NC(=O)OCc1ccccc1)OC. The van der Waals surface area contributed by atoms with Gasteiger partial charge >= 0.3 is 19.7 Å². The number of ether oxygens (including phenoxy) is 1. The Balaban J connectivity index is 1.92. The van der Waals surface area contributed by atoms with Gasteiger partial charge in [0, 0.05) is 27.3 Å². The Labute approximate surface area is 213 Å². The molecule has 1 N–H and O–H groups in total. The first-order valence-electron chi connectivity index (χ1n) is 12.1. The largest absolute Gasteiger partial charge is 0.445 e. The molecule has 0 aromatic heterocycles. The molecule has 0 spiro atoms. The number of hydrogen-bond donors (Lipinski definition) is 1. The number of nitrogens with one attached hydrogen (secondary N) is 1. The lowest BCUT2D eigenvalue weighted by molar-refractivity contribution is -0.206. The van der Waals surface area contributed by atoms with E-state index in [9.17, 15) is 18.9 Å². The van der Waals surface area contributed by atoms with Gasteiger partial charge in [-0.05, 0) is 57.9 Å². The fourth-order valence-corrected chi connectivity index (χ4v) is 4.68. The van der Waals surface area contributed by atoms with Crippen molar-refractivity contribution < 1.29 is 37.6 Å². The predicted molar refractivity (Wildman–Crippen MR) is 134 cm³/mol. The van der Waals surface area contributed by atoms with E-state index in [1.54, 1.807) is 5.06 Å². The molecule has 1 amide bonds. The van der Waals surface area contributed by atoms with Crippen LogP contribution >= 0.6 is 7.60 Å². The van der Waals surface area contributed by atoms with Gasteiger partial charge < -0.3 is 23.9 Å². The predicted octanol–water partition coefficient (Wildman–Crippen LogP) is 4.33. The van der Waals surface area contributed by atoms with Gasteiger partial charge in [0.1, 0.15) is 12.8 Å². The van der Waals surface area contributed by atoms with E-state index in [1.807, 2.05) is 51.1 Å². The molecule has 1 fully saturated rings. The number of piperidine rings is 1. The van der Waals surface area contributed by atoms with Crippen LogP contribution < -0.4 is 5.32 Å². The molecule has 1 aliphatic rings. The van der Waals surface area contributed by atoms with E-state index < -0.39 is 37.1 Å². The molecule has 1 aliphatic heterocycles. The molecular formula is C25H39N2O8P. The molecule has 11 heteroatoms. The molecule has 0 aliphatic carbocycles. The molecule has 10 nitrogen and oxygen atoms in total. The molecule has 1 saturated heterocycles. The second-order valence-electron chi connectivity index (χ2n) is 9.94. The highest BCUT2D eigenvalue weighted by Crippen LogP contribution is 2.46. The van der Waals surface area contributed by atoms with Crippen LogP contribution in [0.15, 0.2) is 30.3 Å². The molecule has 202 valence electrons. The first kappa shape index (κ1) is 30.0. The van der Waals surface area contributed by atoms with Crippen LogP contribution in [-0.4, -0.2) is 62.4 Å². The summed E-state index contributed by atoms with van der Waals surface area (Å²) in [4.78, 5) is 43.0. The standard InChI is InChI=1S/C25H39N2O8P/c1-25(2,3)23(29)35-27-15-13-19(14-16-27)11-12-21(22(28)18-36(31,32-4)33-5)26-24(30)34-17-20-9-7-6-8-10-20/h6-10,19,21H,11-18H2,1-5H3,(H,26,30)/t21-/m0/s1. The Bertz CT molecular complexity index is 902. The summed E-state index contributed by atoms with van der Waals surface area (Å²) in [5.41, 5.74) is 0.243. The summed E-state index contributed by atoms with van der Waals surface area (Å²) in [5, 5.41) is 4.31. The molecule has 1 atom stereocenters. The van der Waals surface area contributed by atoms with E-state index in [0.29, 0.717) is 25.9 Å². The molecule has 1 heterocycles. The van der Waals surface area contributed by atoms with E-state index >= 15 is 0 Å². The zero-order chi connectivity index (χ0) is 26.8. The van der Waals surface area contributed by atoms with Crippen molar-refractivity contribution in [1.29, 1.82) is 0 Å². The van der Waals surface area contributed by atoms with Crippen molar-refractivity contribution in [1.82, 2.24) is 10.4 Å². The summed E-state index contributed by atoms with van der Waals surface area (Å²) in [6, 6.07) is 8.30. The van der Waals surface area contributed by atoms with E-state index in [0.717, 1.165) is 18.4 Å². The summed E-state index contributed by atoms with van der Waals surface area (Å²) in [5.74, 6) is -0.440. The zero-order valence-corrected chi connectivity index (χ0v) is 22.8. The first-order chi connectivity index (χ1) is 17.0. The van der Waals surface area contributed by atoms with Gasteiger partial charge in [-0.1, -0.05) is 30.3 Å². The number of hydroxylamine groups is 2. The second kappa shape index (κ2) is 13.9. The minimum atomic E-state index is -3.59. The van der Waals surface area contributed by atoms with Gasteiger partial charge in [-0.3, -0.25) is 9.36 Å². The monoisotopic (exact) mass is 526 g/mol. The maximum Gasteiger partial charge on any atom is 0.408 e. The molecule has 0 bridgehead atoms. The zero-order valence-electron chi connectivity index (χ0n) is 21.9. The van der Waals surface area contributed by atoms with Crippen LogP contribution in [0.5, 0.6) is 0 Å². The fraction of sp³-hybridized carbons (Fsp3) is 0.640. The first-order valence-corrected chi connectivity index (χ1v) is 13.9. The number of benzene rings is 1. The fourth-order valence-electron chi connectivity index (χ4n) is 3.67. The van der Waals surface area contributed by atoms with Gasteiger partial charge in [0.25, 0.3) is 0 Å². The highest BCUT2D eigenvalue weighted by molar-refractivity contribution is 7.54. The van der Waals surface area contributed by atoms with Crippen molar-refractivity contribution in [2.75, 3.05) is 33.5 Å². The van der Waals surface area contributed by atoms with E-state index in [4.69, 9.17) is 18.6 Å². The van der Waals surface area contributed by atoms with Crippen molar-refractivity contribution in [3.8, 4) is 0 Å². The summed E-state index contributed by atoms with van der Waals surface area (Å²) in [6.07, 6.45) is 1.38. The van der Waals surface area contributed by atoms with Gasteiger partial charge in [-0.2, -0.15) is 0 Å². The van der Waals surface area contributed by atoms with Crippen LogP contribution in [0.1, 0.15) is 52.0 Å². The topological polar surface area (TPSA) is 120 Å². The lowest BCUT2D eigenvalue weighted by Gasteiger charge is -2.32. The van der Waals surface area contributed by atoms with Gasteiger partial charge in [-0.15, -0.1) is 5.06 Å². The quantitative estimate of drug-likeness (QED) is 0.397. The van der Waals surface area contributed by atoms with Crippen molar-refractivity contribution in [3.63, 3.8) is 0 Å². The number of amides is 1. The Morgan fingerprint density at radius 2 is 1.69 bits per heavy atom. The number of carbonyl (C=O) groups is 3. The highest BCUT2D eigenvalue weighted by Gasteiger charge is 2.33. The van der Waals surface area contributed by atoms with Crippen molar-refractivity contribution in [2.24, 2.45) is 11.3 Å². The van der Waals surface area contributed by atoms with Crippen LogP contribution in [-0.2, 0) is 39.4 Å². The van der Waals surface area contributed by atoms with Crippen LogP contribution in [0.4, 0.5) is 4.79 Å². The maximum absolute atomic E-state index is 13.0. The molecule has 0 unspecified atom stereocenters. The smallest absolute Gasteiger partial charge is 0.408 e. The molecule has 1 aromatic rings. The van der Waals surface area contributed by atoms with Gasteiger partial charge in [-0.25, -0.2) is 9.59 Å². The number of ketones is 1. The normalized spacial score (nSPS) is 16.2. The average Bonchev–Trinajstić information content (AvgIpc) is 2.86. The molecule has 1 aromatic carbocycles. The van der Waals surface area contributed by atoms with E-state index in [-0.39, 0.29) is 18.5 Å². The maximum atomic E-state index is 13.0. The van der Waals surface area contributed by atoms with Gasteiger partial charge in [0.05, 0.1) is 11.5 Å². The van der Waals surface area contributed by atoms with Gasteiger partial charge in [0.15, 0.2) is 5.78 Å². The Morgan fingerprint density at radius 1 is 1.08 bits per heavy atom. The minimum absolute atomic E-state index is 0.0635. The molecule has 0 radical (unpaired) electrons. The van der Waals surface area contributed by atoms with Crippen molar-refractivity contribution in [3.05, 3.63) is 35.9 Å². The summed E-state index contributed by atoms with van der Waals surface area (Å²) < 4.78 is 27.6. The second-order valence-corrected chi connectivity index (χ2v) is 12.2. The summed E-state index contributed by atoms with van der Waals surface area (Å²) >= 11 is 0. The lowest BCUT2D eigenvalue weighted by atomic mass is 9.90. The Kier molecular flexibility index (Phi) is 11.6. The number of Topliss-reactive ketones (excluding diaryl/α,β-unsaturated/α-hetero) is 1. The van der Waals surface area contributed by atoms with E-state index in [2.05, 4.69) is 5.32 Å². The van der Waals surface area contributed by atoms with E-state index in [1.165, 1.54) is 14.2 Å².